The molecular weight excluding hydrogens is 310 g/mol. The molecule has 0 aliphatic heterocycles. The molecule has 0 amide bonds. The Balaban J connectivity index is 1.54. The fraction of sp³-hybridized carbons (Fsp3) is 0.700. The standard InChI is InChI=1S/C20H28F2O2/c1-2-11-23-19-10-7-16-12-15(3-4-17(16)13-19)14-5-8-18(9-6-14)24-20(21)22/h5-6,8-9,15-17,19-20H,2-4,7,10-13H2,1H3. The summed E-state index contributed by atoms with van der Waals surface area (Å²) in [7, 11) is 0. The number of hydrogen-bond acceptors (Lipinski definition) is 2. The smallest absolute Gasteiger partial charge is 0.387 e. The number of halogens is 2. The van der Waals surface area contributed by atoms with Crippen LogP contribution in [0.1, 0.15) is 63.4 Å². The van der Waals surface area contributed by atoms with Crippen LogP contribution in [0.2, 0.25) is 0 Å². The summed E-state index contributed by atoms with van der Waals surface area (Å²) in [4.78, 5) is 0. The maximum absolute atomic E-state index is 12.2. The highest BCUT2D eigenvalue weighted by molar-refractivity contribution is 5.30. The van der Waals surface area contributed by atoms with E-state index < -0.39 is 6.61 Å². The van der Waals surface area contributed by atoms with E-state index in [0.29, 0.717) is 12.0 Å². The Morgan fingerprint density at radius 1 is 1.00 bits per heavy atom. The van der Waals surface area contributed by atoms with Gasteiger partial charge in [-0.25, -0.2) is 0 Å². The molecule has 4 unspecified atom stereocenters. The van der Waals surface area contributed by atoms with E-state index in [1.54, 1.807) is 12.1 Å². The molecule has 2 nitrogen and oxygen atoms in total. The molecule has 0 spiro atoms. The molecule has 1 aromatic carbocycles. The van der Waals surface area contributed by atoms with Crippen molar-refractivity contribution in [1.29, 1.82) is 0 Å². The highest BCUT2D eigenvalue weighted by Crippen LogP contribution is 2.46. The number of rotatable bonds is 6. The Hall–Kier alpha value is -1.16. The first-order valence-corrected chi connectivity index (χ1v) is 9.32. The third-order valence-electron chi connectivity index (χ3n) is 5.70. The summed E-state index contributed by atoms with van der Waals surface area (Å²) in [6, 6.07) is 7.25. The minimum absolute atomic E-state index is 0.246. The topological polar surface area (TPSA) is 18.5 Å². The van der Waals surface area contributed by atoms with Crippen LogP contribution in [0.4, 0.5) is 8.78 Å². The number of ether oxygens (including phenoxy) is 2. The Bertz CT molecular complexity index is 503. The first kappa shape index (κ1) is 17.7. The fourth-order valence-corrected chi connectivity index (χ4v) is 4.51. The molecule has 3 rings (SSSR count). The van der Waals surface area contributed by atoms with Gasteiger partial charge >= 0.3 is 6.61 Å². The third-order valence-corrected chi connectivity index (χ3v) is 5.70. The van der Waals surface area contributed by atoms with Gasteiger partial charge < -0.3 is 9.47 Å². The van der Waals surface area contributed by atoms with E-state index in [1.165, 1.54) is 44.1 Å². The maximum atomic E-state index is 12.2. The molecule has 4 heteroatoms. The SMILES string of the molecule is CCCOC1CCC2CC(c3ccc(OC(F)F)cc3)CCC2C1. The van der Waals surface area contributed by atoms with E-state index in [9.17, 15) is 8.78 Å². The Morgan fingerprint density at radius 2 is 1.71 bits per heavy atom. The third kappa shape index (κ3) is 4.47. The van der Waals surface area contributed by atoms with Gasteiger partial charge in [0.05, 0.1) is 6.10 Å². The molecule has 0 radical (unpaired) electrons. The molecule has 2 aliphatic rings. The number of hydrogen-bond donors (Lipinski definition) is 0. The molecule has 0 N–H and O–H groups in total. The van der Waals surface area contributed by atoms with Crippen molar-refractivity contribution in [2.45, 2.75) is 70.5 Å². The first-order chi connectivity index (χ1) is 11.7. The summed E-state index contributed by atoms with van der Waals surface area (Å²) in [5.41, 5.74) is 1.26. The second kappa shape index (κ2) is 8.28. The summed E-state index contributed by atoms with van der Waals surface area (Å²) in [5, 5.41) is 0. The van der Waals surface area contributed by atoms with Crippen LogP contribution in [-0.2, 0) is 4.74 Å². The van der Waals surface area contributed by atoms with Crippen molar-refractivity contribution in [3.8, 4) is 5.75 Å². The molecule has 2 saturated carbocycles. The minimum Gasteiger partial charge on any atom is -0.435 e. The molecule has 2 aliphatic carbocycles. The zero-order chi connectivity index (χ0) is 16.9. The van der Waals surface area contributed by atoms with E-state index in [0.717, 1.165) is 24.9 Å². The molecule has 24 heavy (non-hydrogen) atoms. The predicted molar refractivity (Wildman–Crippen MR) is 90.5 cm³/mol. The van der Waals surface area contributed by atoms with E-state index in [4.69, 9.17) is 4.74 Å². The largest absolute Gasteiger partial charge is 0.435 e. The Kier molecular flexibility index (Phi) is 6.09. The monoisotopic (exact) mass is 338 g/mol. The second-order valence-corrected chi connectivity index (χ2v) is 7.28. The van der Waals surface area contributed by atoms with Crippen molar-refractivity contribution in [2.24, 2.45) is 11.8 Å². The molecular formula is C20H28F2O2. The van der Waals surface area contributed by atoms with Crippen LogP contribution in [0.25, 0.3) is 0 Å². The molecule has 0 heterocycles. The number of alkyl halides is 2. The maximum Gasteiger partial charge on any atom is 0.387 e. The van der Waals surface area contributed by atoms with Crippen LogP contribution in [-0.4, -0.2) is 19.3 Å². The molecule has 0 saturated heterocycles. The van der Waals surface area contributed by atoms with Crippen molar-refractivity contribution in [3.05, 3.63) is 29.8 Å². The molecule has 2 fully saturated rings. The minimum atomic E-state index is -2.75. The zero-order valence-corrected chi connectivity index (χ0v) is 14.4. The van der Waals surface area contributed by atoms with Crippen LogP contribution in [0.3, 0.4) is 0 Å². The molecule has 0 bridgehead atoms. The summed E-state index contributed by atoms with van der Waals surface area (Å²) < 4.78 is 34.9. The van der Waals surface area contributed by atoms with Crippen LogP contribution >= 0.6 is 0 Å². The summed E-state index contributed by atoms with van der Waals surface area (Å²) in [5.74, 6) is 2.40. The molecule has 0 aromatic heterocycles. The van der Waals surface area contributed by atoms with Crippen molar-refractivity contribution >= 4 is 0 Å². The summed E-state index contributed by atoms with van der Waals surface area (Å²) >= 11 is 0. The lowest BCUT2D eigenvalue weighted by molar-refractivity contribution is -0.0498. The lowest BCUT2D eigenvalue weighted by atomic mass is 9.65. The van der Waals surface area contributed by atoms with Gasteiger partial charge in [0.1, 0.15) is 5.75 Å². The average molecular weight is 338 g/mol. The van der Waals surface area contributed by atoms with Gasteiger partial charge in [0, 0.05) is 6.61 Å². The first-order valence-electron chi connectivity index (χ1n) is 9.32. The number of benzene rings is 1. The highest BCUT2D eigenvalue weighted by Gasteiger charge is 2.36. The average Bonchev–Trinajstić information content (AvgIpc) is 2.59. The summed E-state index contributed by atoms with van der Waals surface area (Å²) in [6.07, 6.45) is 8.91. The summed E-state index contributed by atoms with van der Waals surface area (Å²) in [6.45, 7) is 0.294. The van der Waals surface area contributed by atoms with Gasteiger partial charge in [-0.1, -0.05) is 19.1 Å². The molecule has 134 valence electrons. The van der Waals surface area contributed by atoms with E-state index in [-0.39, 0.29) is 5.75 Å². The fourth-order valence-electron chi connectivity index (χ4n) is 4.51. The van der Waals surface area contributed by atoms with Crippen LogP contribution < -0.4 is 4.74 Å². The second-order valence-electron chi connectivity index (χ2n) is 7.28. The van der Waals surface area contributed by atoms with Crippen LogP contribution in [0, 0.1) is 11.8 Å². The van der Waals surface area contributed by atoms with Crippen molar-refractivity contribution in [2.75, 3.05) is 6.61 Å². The predicted octanol–water partition coefficient (Wildman–Crippen LogP) is 5.77. The zero-order valence-electron chi connectivity index (χ0n) is 14.4. The van der Waals surface area contributed by atoms with Gasteiger partial charge in [0.2, 0.25) is 0 Å². The van der Waals surface area contributed by atoms with Crippen molar-refractivity contribution in [3.63, 3.8) is 0 Å². The van der Waals surface area contributed by atoms with E-state index in [1.807, 2.05) is 12.1 Å². The van der Waals surface area contributed by atoms with Crippen LogP contribution in [0.5, 0.6) is 5.75 Å². The van der Waals surface area contributed by atoms with E-state index >= 15 is 0 Å². The lowest BCUT2D eigenvalue weighted by Crippen LogP contribution is -2.33. The molecule has 1 aromatic rings. The van der Waals surface area contributed by atoms with Gasteiger partial charge in [-0.15, -0.1) is 0 Å². The van der Waals surface area contributed by atoms with Crippen molar-refractivity contribution < 1.29 is 18.3 Å². The Labute approximate surface area is 143 Å². The van der Waals surface area contributed by atoms with Gasteiger partial charge in [-0.2, -0.15) is 8.78 Å². The van der Waals surface area contributed by atoms with Gasteiger partial charge in [0.25, 0.3) is 0 Å². The number of fused-ring (bicyclic) bond motifs is 1. The normalized spacial score (nSPS) is 30.2. The molecule has 4 atom stereocenters. The van der Waals surface area contributed by atoms with Crippen LogP contribution in [0.15, 0.2) is 24.3 Å². The van der Waals surface area contributed by atoms with Gasteiger partial charge in [-0.05, 0) is 80.4 Å². The van der Waals surface area contributed by atoms with Crippen molar-refractivity contribution in [1.82, 2.24) is 0 Å². The quantitative estimate of drug-likeness (QED) is 0.656. The van der Waals surface area contributed by atoms with Gasteiger partial charge in [0.15, 0.2) is 0 Å². The lowest BCUT2D eigenvalue weighted by Gasteiger charge is -2.42. The van der Waals surface area contributed by atoms with E-state index in [2.05, 4.69) is 11.7 Å². The highest BCUT2D eigenvalue weighted by atomic mass is 19.3. The Morgan fingerprint density at radius 3 is 2.42 bits per heavy atom. The van der Waals surface area contributed by atoms with Gasteiger partial charge in [-0.3, -0.25) is 0 Å².